The third-order valence-electron chi connectivity index (χ3n) is 4.08. The van der Waals surface area contributed by atoms with Gasteiger partial charge in [0.15, 0.2) is 0 Å². The fraction of sp³-hybridized carbons (Fsp3) is 0.350. The minimum absolute atomic E-state index is 0.00678. The molecule has 0 aliphatic heterocycles. The summed E-state index contributed by atoms with van der Waals surface area (Å²) < 4.78 is 31.1. The largest absolute Gasteiger partial charge is 0.489 e. The first kappa shape index (κ1) is 20.8. The number of anilines is 1. The van der Waals surface area contributed by atoms with Gasteiger partial charge in [-0.15, -0.1) is 0 Å². The highest BCUT2D eigenvalue weighted by Gasteiger charge is 2.21. The molecule has 1 atom stereocenters. The van der Waals surface area contributed by atoms with E-state index in [0.717, 1.165) is 22.5 Å². The van der Waals surface area contributed by atoms with Crippen molar-refractivity contribution in [3.63, 3.8) is 0 Å². The predicted molar refractivity (Wildman–Crippen MR) is 107 cm³/mol. The first-order valence-corrected chi connectivity index (χ1v) is 10.7. The molecule has 0 spiro atoms. The molecule has 1 unspecified atom stereocenters. The number of rotatable bonds is 9. The van der Waals surface area contributed by atoms with Crippen LogP contribution in [0.25, 0.3) is 0 Å². The highest BCUT2D eigenvalue weighted by Crippen LogP contribution is 2.22. The quantitative estimate of drug-likeness (QED) is 0.714. The van der Waals surface area contributed by atoms with Crippen molar-refractivity contribution in [1.82, 2.24) is 5.32 Å². The van der Waals surface area contributed by atoms with Crippen LogP contribution in [0.1, 0.15) is 25.8 Å². The maximum Gasteiger partial charge on any atom is 0.240 e. The highest BCUT2D eigenvalue weighted by molar-refractivity contribution is 7.92. The van der Waals surface area contributed by atoms with E-state index < -0.39 is 10.0 Å². The maximum atomic E-state index is 12.1. The summed E-state index contributed by atoms with van der Waals surface area (Å²) in [7, 11) is -3.59. The van der Waals surface area contributed by atoms with E-state index >= 15 is 0 Å². The van der Waals surface area contributed by atoms with E-state index in [2.05, 4.69) is 5.32 Å². The molecular weight excluding hydrogens is 364 g/mol. The van der Waals surface area contributed by atoms with E-state index in [4.69, 9.17) is 4.74 Å². The average molecular weight is 391 g/mol. The second kappa shape index (κ2) is 9.41. The molecule has 2 aromatic carbocycles. The van der Waals surface area contributed by atoms with E-state index in [1.807, 2.05) is 44.2 Å². The molecule has 27 heavy (non-hydrogen) atoms. The van der Waals surface area contributed by atoms with Crippen molar-refractivity contribution in [3.05, 3.63) is 60.2 Å². The van der Waals surface area contributed by atoms with Crippen molar-refractivity contribution in [1.29, 1.82) is 0 Å². The van der Waals surface area contributed by atoms with Crippen LogP contribution in [0.15, 0.2) is 54.6 Å². The maximum absolute atomic E-state index is 12.1. The van der Waals surface area contributed by atoms with Gasteiger partial charge in [0.1, 0.15) is 18.9 Å². The summed E-state index contributed by atoms with van der Waals surface area (Å²) in [6.45, 7) is 4.00. The van der Waals surface area contributed by atoms with Crippen molar-refractivity contribution in [3.8, 4) is 5.75 Å². The van der Waals surface area contributed by atoms with Crippen molar-refractivity contribution in [2.24, 2.45) is 0 Å². The zero-order valence-corrected chi connectivity index (χ0v) is 16.7. The Morgan fingerprint density at radius 2 is 1.74 bits per heavy atom. The van der Waals surface area contributed by atoms with E-state index in [0.29, 0.717) is 18.0 Å². The lowest BCUT2D eigenvalue weighted by atomic mass is 10.2. The number of carbonyl (C=O) groups is 1. The lowest BCUT2D eigenvalue weighted by Gasteiger charge is -2.23. The number of nitrogens with zero attached hydrogens (tertiary/aromatic N) is 1. The summed E-state index contributed by atoms with van der Waals surface area (Å²) in [5, 5.41) is 2.78. The zero-order valence-electron chi connectivity index (χ0n) is 15.9. The van der Waals surface area contributed by atoms with Crippen LogP contribution in [0.2, 0.25) is 0 Å². The number of hydrogen-bond acceptors (Lipinski definition) is 4. The molecule has 0 radical (unpaired) electrons. The van der Waals surface area contributed by atoms with Gasteiger partial charge in [0, 0.05) is 6.04 Å². The van der Waals surface area contributed by atoms with Gasteiger partial charge < -0.3 is 10.1 Å². The van der Waals surface area contributed by atoms with Crippen LogP contribution in [0, 0.1) is 0 Å². The number of hydrogen-bond donors (Lipinski definition) is 1. The molecule has 1 N–H and O–H groups in total. The van der Waals surface area contributed by atoms with Crippen LogP contribution in [-0.4, -0.2) is 33.2 Å². The Bertz CT molecular complexity index is 836. The monoisotopic (exact) mass is 390 g/mol. The fourth-order valence-electron chi connectivity index (χ4n) is 2.40. The first-order chi connectivity index (χ1) is 12.8. The van der Waals surface area contributed by atoms with Gasteiger partial charge in [0.2, 0.25) is 15.9 Å². The van der Waals surface area contributed by atoms with Gasteiger partial charge in [-0.2, -0.15) is 0 Å². The second-order valence-electron chi connectivity index (χ2n) is 6.41. The van der Waals surface area contributed by atoms with Crippen molar-refractivity contribution in [2.75, 3.05) is 17.1 Å². The summed E-state index contributed by atoms with van der Waals surface area (Å²) in [4.78, 5) is 12.1. The molecule has 0 aliphatic rings. The molecule has 2 rings (SSSR count). The highest BCUT2D eigenvalue weighted by atomic mass is 32.2. The summed E-state index contributed by atoms with van der Waals surface area (Å²) >= 11 is 0. The third kappa shape index (κ3) is 6.60. The van der Waals surface area contributed by atoms with Crippen LogP contribution >= 0.6 is 0 Å². The fourth-order valence-corrected chi connectivity index (χ4v) is 3.26. The molecule has 1 amide bonds. The Labute approximate surface area is 161 Å². The molecule has 0 aromatic heterocycles. The van der Waals surface area contributed by atoms with Gasteiger partial charge >= 0.3 is 0 Å². The molecule has 0 saturated carbocycles. The topological polar surface area (TPSA) is 75.7 Å². The summed E-state index contributed by atoms with van der Waals surface area (Å²) in [5.74, 6) is 0.291. The van der Waals surface area contributed by atoms with E-state index in [1.54, 1.807) is 24.3 Å². The lowest BCUT2D eigenvalue weighted by molar-refractivity contribution is -0.120. The number of nitrogens with one attached hydrogen (secondary N) is 1. The van der Waals surface area contributed by atoms with Gasteiger partial charge in [-0.25, -0.2) is 8.42 Å². The van der Waals surface area contributed by atoms with Crippen molar-refractivity contribution in [2.45, 2.75) is 32.9 Å². The number of carbonyl (C=O) groups excluding carboxylic acids is 1. The van der Waals surface area contributed by atoms with Crippen LogP contribution < -0.4 is 14.4 Å². The number of amides is 1. The van der Waals surface area contributed by atoms with Crippen molar-refractivity contribution >= 4 is 21.6 Å². The van der Waals surface area contributed by atoms with Crippen LogP contribution in [0.3, 0.4) is 0 Å². The van der Waals surface area contributed by atoms with E-state index in [1.165, 1.54) is 0 Å². The molecule has 0 aliphatic carbocycles. The molecule has 0 heterocycles. The van der Waals surface area contributed by atoms with Crippen molar-refractivity contribution < 1.29 is 17.9 Å². The molecular formula is C20H26N2O4S. The molecule has 0 saturated heterocycles. The average Bonchev–Trinajstić information content (AvgIpc) is 2.65. The Morgan fingerprint density at radius 3 is 2.30 bits per heavy atom. The zero-order chi connectivity index (χ0) is 19.9. The Hall–Kier alpha value is -2.54. The number of sulfonamides is 1. The van der Waals surface area contributed by atoms with E-state index in [-0.39, 0.29) is 18.5 Å². The lowest BCUT2D eigenvalue weighted by Crippen LogP contribution is -2.43. The summed E-state index contributed by atoms with van der Waals surface area (Å²) in [6.07, 6.45) is 1.86. The van der Waals surface area contributed by atoms with Gasteiger partial charge in [-0.1, -0.05) is 37.3 Å². The standard InChI is InChI=1S/C20H26N2O4S/c1-4-16(2)21-20(23)14-22(27(3,24)25)18-10-12-19(13-11-18)26-15-17-8-6-5-7-9-17/h5-13,16H,4,14-15H2,1-3H3,(H,21,23). The van der Waals surface area contributed by atoms with Gasteiger partial charge in [-0.3, -0.25) is 9.10 Å². The minimum Gasteiger partial charge on any atom is -0.489 e. The minimum atomic E-state index is -3.59. The van der Waals surface area contributed by atoms with Gasteiger partial charge in [-0.05, 0) is 43.2 Å². The Morgan fingerprint density at radius 1 is 1.11 bits per heavy atom. The first-order valence-electron chi connectivity index (χ1n) is 8.83. The molecule has 0 fully saturated rings. The second-order valence-corrected chi connectivity index (χ2v) is 8.32. The van der Waals surface area contributed by atoms with Gasteiger partial charge in [0.05, 0.1) is 11.9 Å². The third-order valence-corrected chi connectivity index (χ3v) is 5.22. The smallest absolute Gasteiger partial charge is 0.240 e. The molecule has 2 aromatic rings. The number of benzene rings is 2. The van der Waals surface area contributed by atoms with E-state index in [9.17, 15) is 13.2 Å². The summed E-state index contributed by atoms with van der Waals surface area (Å²) in [6, 6.07) is 16.4. The molecule has 146 valence electrons. The molecule has 7 heteroatoms. The number of ether oxygens (including phenoxy) is 1. The molecule has 0 bridgehead atoms. The van der Waals surface area contributed by atoms with Gasteiger partial charge in [0.25, 0.3) is 0 Å². The Kier molecular flexibility index (Phi) is 7.24. The SMILES string of the molecule is CCC(C)NC(=O)CN(c1ccc(OCc2ccccc2)cc1)S(C)(=O)=O. The normalized spacial score (nSPS) is 12.3. The van der Waals surface area contributed by atoms with Crippen LogP contribution in [0.5, 0.6) is 5.75 Å². The molecule has 6 nitrogen and oxygen atoms in total. The van der Waals surface area contributed by atoms with Crippen LogP contribution in [0.4, 0.5) is 5.69 Å². The Balaban J connectivity index is 2.06. The summed E-state index contributed by atoms with van der Waals surface area (Å²) in [5.41, 5.74) is 1.46. The van der Waals surface area contributed by atoms with Crippen LogP contribution in [-0.2, 0) is 21.4 Å². The predicted octanol–water partition coefficient (Wildman–Crippen LogP) is 2.95.